The Morgan fingerprint density at radius 3 is 2.77 bits per heavy atom. The van der Waals surface area contributed by atoms with Gasteiger partial charge in [0.15, 0.2) is 0 Å². The Labute approximate surface area is 183 Å². The van der Waals surface area contributed by atoms with Gasteiger partial charge in [0, 0.05) is 7.05 Å². The van der Waals surface area contributed by atoms with Crippen LogP contribution in [-0.2, 0) is 21.5 Å². The molecule has 2 atom stereocenters. The van der Waals surface area contributed by atoms with Gasteiger partial charge in [-0.2, -0.15) is 0 Å². The molecule has 2 unspecified atom stereocenters. The molecule has 1 aromatic heterocycles. The van der Waals surface area contributed by atoms with Crippen LogP contribution in [0.15, 0.2) is 48.5 Å². The number of hydrogen-bond donors (Lipinski definition) is 1. The van der Waals surface area contributed by atoms with E-state index in [0.29, 0.717) is 6.42 Å². The van der Waals surface area contributed by atoms with E-state index in [1.165, 1.54) is 11.3 Å². The number of likely N-dealkylation sites (N-methyl/N-ethyl adjacent to an activating group) is 1. The number of thiazole rings is 1. The number of rotatable bonds is 4. The number of para-hydroxylation sites is 1. The predicted octanol–water partition coefficient (Wildman–Crippen LogP) is 3.21. The molecule has 3 aromatic rings. The number of imide groups is 1. The normalized spacial score (nSPS) is 20.9. The summed E-state index contributed by atoms with van der Waals surface area (Å²) < 4.78 is 1.06. The van der Waals surface area contributed by atoms with Crippen LogP contribution in [0, 0.1) is 0 Å². The quantitative estimate of drug-likeness (QED) is 0.640. The average Bonchev–Trinajstić information content (AvgIpc) is 3.44. The summed E-state index contributed by atoms with van der Waals surface area (Å²) in [7, 11) is 1.68. The number of nitrogens with one attached hydrogen (secondary N) is 1. The molecule has 31 heavy (non-hydrogen) atoms. The van der Waals surface area contributed by atoms with E-state index in [1.54, 1.807) is 11.9 Å². The van der Waals surface area contributed by atoms with Crippen molar-refractivity contribution in [3.05, 3.63) is 64.7 Å². The first kappa shape index (κ1) is 19.7. The number of carbonyl (C=O) groups is 3. The fourth-order valence-corrected chi connectivity index (χ4v) is 5.49. The molecule has 1 spiro atoms. The summed E-state index contributed by atoms with van der Waals surface area (Å²) in [5.74, 6) is -0.657. The molecule has 0 bridgehead atoms. The molecule has 1 fully saturated rings. The maximum absolute atomic E-state index is 13.3. The van der Waals surface area contributed by atoms with Crippen molar-refractivity contribution in [3.63, 3.8) is 0 Å². The van der Waals surface area contributed by atoms with Crippen LogP contribution < -0.4 is 5.32 Å². The number of amides is 4. The second kappa shape index (κ2) is 7.16. The summed E-state index contributed by atoms with van der Waals surface area (Å²) >= 11 is 1.54. The van der Waals surface area contributed by atoms with E-state index in [4.69, 9.17) is 0 Å². The van der Waals surface area contributed by atoms with Gasteiger partial charge in [0.05, 0.1) is 16.3 Å². The monoisotopic (exact) mass is 434 g/mol. The molecule has 2 heterocycles. The van der Waals surface area contributed by atoms with Crippen molar-refractivity contribution in [3.8, 4) is 0 Å². The van der Waals surface area contributed by atoms with Gasteiger partial charge < -0.3 is 10.2 Å². The van der Waals surface area contributed by atoms with Crippen LogP contribution in [0.5, 0.6) is 0 Å². The average molecular weight is 435 g/mol. The Hall–Kier alpha value is -3.26. The molecular formula is C23H22N4O3S. The smallest absolute Gasteiger partial charge is 0.325 e. The Morgan fingerprint density at radius 2 is 1.97 bits per heavy atom. The highest BCUT2D eigenvalue weighted by Gasteiger charge is 2.55. The fraction of sp³-hybridized carbons (Fsp3) is 0.304. The van der Waals surface area contributed by atoms with Gasteiger partial charge in [-0.15, -0.1) is 11.3 Å². The van der Waals surface area contributed by atoms with E-state index >= 15 is 0 Å². The minimum Gasteiger partial charge on any atom is -0.335 e. The second-order valence-corrected chi connectivity index (χ2v) is 9.15. The van der Waals surface area contributed by atoms with Gasteiger partial charge in [-0.25, -0.2) is 9.78 Å². The molecule has 2 aliphatic rings. The Morgan fingerprint density at radius 1 is 1.23 bits per heavy atom. The molecule has 2 aromatic carbocycles. The lowest BCUT2D eigenvalue weighted by molar-refractivity contribution is -0.139. The topological polar surface area (TPSA) is 82.6 Å². The molecule has 0 radical (unpaired) electrons. The predicted molar refractivity (Wildman–Crippen MR) is 117 cm³/mol. The summed E-state index contributed by atoms with van der Waals surface area (Å²) in [5.41, 5.74) is 1.74. The Balaban J connectivity index is 1.34. The van der Waals surface area contributed by atoms with Crippen LogP contribution in [0.4, 0.5) is 4.79 Å². The zero-order valence-electron chi connectivity index (χ0n) is 17.3. The van der Waals surface area contributed by atoms with E-state index in [0.717, 1.165) is 37.7 Å². The van der Waals surface area contributed by atoms with Gasteiger partial charge in [-0.05, 0) is 43.0 Å². The van der Waals surface area contributed by atoms with E-state index in [1.807, 2.05) is 55.5 Å². The van der Waals surface area contributed by atoms with E-state index in [-0.39, 0.29) is 24.4 Å². The number of aromatic nitrogens is 1. The zero-order chi connectivity index (χ0) is 21.8. The standard InChI is InChI=1S/C23H22N4O3S/c1-14(20-24-17-9-5-6-10-18(17)31-20)26(2)19(28)13-27-21(29)23(25-22(27)30)12-11-15-7-3-4-8-16(15)23/h3-10,14H,11-13H2,1-2H3,(H,25,30). The highest BCUT2D eigenvalue weighted by molar-refractivity contribution is 7.18. The zero-order valence-corrected chi connectivity index (χ0v) is 18.1. The van der Waals surface area contributed by atoms with Gasteiger partial charge in [0.25, 0.3) is 5.91 Å². The van der Waals surface area contributed by atoms with Crippen LogP contribution >= 0.6 is 11.3 Å². The summed E-state index contributed by atoms with van der Waals surface area (Å²) in [6.07, 6.45) is 1.23. The van der Waals surface area contributed by atoms with Crippen molar-refractivity contribution in [2.75, 3.05) is 13.6 Å². The lowest BCUT2D eigenvalue weighted by Gasteiger charge is -2.26. The number of urea groups is 1. The molecule has 158 valence electrons. The van der Waals surface area contributed by atoms with Gasteiger partial charge in [-0.3, -0.25) is 14.5 Å². The maximum Gasteiger partial charge on any atom is 0.325 e. The number of carbonyl (C=O) groups excluding carboxylic acids is 3. The second-order valence-electron chi connectivity index (χ2n) is 8.08. The lowest BCUT2D eigenvalue weighted by atomic mass is 9.92. The first-order valence-electron chi connectivity index (χ1n) is 10.2. The maximum atomic E-state index is 13.3. The van der Waals surface area contributed by atoms with Crippen molar-refractivity contribution >= 4 is 39.4 Å². The van der Waals surface area contributed by atoms with Gasteiger partial charge >= 0.3 is 6.03 Å². The molecular weight excluding hydrogens is 412 g/mol. The first-order valence-corrected chi connectivity index (χ1v) is 11.1. The third kappa shape index (κ3) is 3.01. The number of nitrogens with zero attached hydrogens (tertiary/aromatic N) is 3. The van der Waals surface area contributed by atoms with E-state index < -0.39 is 11.6 Å². The van der Waals surface area contributed by atoms with Gasteiger partial charge in [-0.1, -0.05) is 36.4 Å². The minimum absolute atomic E-state index is 0.271. The molecule has 8 heteroatoms. The van der Waals surface area contributed by atoms with Crippen molar-refractivity contribution in [2.45, 2.75) is 31.3 Å². The fourth-order valence-electron chi connectivity index (χ4n) is 4.43. The third-order valence-electron chi connectivity index (χ3n) is 6.36. The van der Waals surface area contributed by atoms with Crippen LogP contribution in [0.2, 0.25) is 0 Å². The van der Waals surface area contributed by atoms with Gasteiger partial charge in [0.2, 0.25) is 5.91 Å². The summed E-state index contributed by atoms with van der Waals surface area (Å²) in [5, 5.41) is 3.68. The minimum atomic E-state index is -1.05. The molecule has 7 nitrogen and oxygen atoms in total. The number of fused-ring (bicyclic) bond motifs is 3. The summed E-state index contributed by atoms with van der Waals surface area (Å²) in [4.78, 5) is 46.2. The Kier molecular flexibility index (Phi) is 4.55. The molecule has 0 saturated carbocycles. The lowest BCUT2D eigenvalue weighted by Crippen LogP contribution is -2.44. The Bertz CT molecular complexity index is 1190. The summed E-state index contributed by atoms with van der Waals surface area (Å²) in [6, 6.07) is 14.7. The molecule has 5 rings (SSSR count). The number of aryl methyl sites for hydroxylation is 1. The van der Waals surface area contributed by atoms with Crippen LogP contribution in [0.25, 0.3) is 10.2 Å². The van der Waals surface area contributed by atoms with E-state index in [9.17, 15) is 14.4 Å². The number of benzene rings is 2. The largest absolute Gasteiger partial charge is 0.335 e. The van der Waals surface area contributed by atoms with E-state index in [2.05, 4.69) is 10.3 Å². The van der Waals surface area contributed by atoms with Gasteiger partial charge in [0.1, 0.15) is 17.1 Å². The van der Waals surface area contributed by atoms with Crippen molar-refractivity contribution in [1.29, 1.82) is 0 Å². The number of hydrogen-bond acceptors (Lipinski definition) is 5. The van der Waals surface area contributed by atoms with Crippen molar-refractivity contribution in [1.82, 2.24) is 20.1 Å². The SMILES string of the molecule is CC(c1nc2ccccc2s1)N(C)C(=O)CN1C(=O)NC2(CCc3ccccc32)C1=O. The highest BCUT2D eigenvalue weighted by atomic mass is 32.1. The first-order chi connectivity index (χ1) is 14.9. The van der Waals surface area contributed by atoms with Crippen LogP contribution in [0.1, 0.15) is 35.5 Å². The molecule has 1 saturated heterocycles. The van der Waals surface area contributed by atoms with Crippen LogP contribution in [0.3, 0.4) is 0 Å². The molecule has 1 aliphatic carbocycles. The molecule has 1 N–H and O–H groups in total. The van der Waals surface area contributed by atoms with Crippen molar-refractivity contribution < 1.29 is 14.4 Å². The molecule has 4 amide bonds. The molecule has 1 aliphatic heterocycles. The van der Waals surface area contributed by atoms with Crippen LogP contribution in [-0.4, -0.2) is 46.2 Å². The highest BCUT2D eigenvalue weighted by Crippen LogP contribution is 2.41. The van der Waals surface area contributed by atoms with Crippen molar-refractivity contribution in [2.24, 2.45) is 0 Å². The third-order valence-corrected chi connectivity index (χ3v) is 7.56. The summed E-state index contributed by atoms with van der Waals surface area (Å²) in [6.45, 7) is 1.61.